The van der Waals surface area contributed by atoms with Crippen LogP contribution in [-0.4, -0.2) is 56.8 Å². The molecule has 1 aromatic rings. The number of fused-ring (bicyclic) bond motifs is 1. The maximum atomic E-state index is 12.1. The molecule has 1 heterocycles. The van der Waals surface area contributed by atoms with Crippen molar-refractivity contribution in [2.45, 2.75) is 31.5 Å². The summed E-state index contributed by atoms with van der Waals surface area (Å²) in [6, 6.07) is 6.49. The maximum Gasteiger partial charge on any atom is 0.305 e. The number of hydrogen-bond donors (Lipinski definition) is 3. The van der Waals surface area contributed by atoms with E-state index in [2.05, 4.69) is 0 Å². The van der Waals surface area contributed by atoms with Gasteiger partial charge < -0.3 is 15.3 Å². The summed E-state index contributed by atoms with van der Waals surface area (Å²) in [5, 5.41) is 27.7. The van der Waals surface area contributed by atoms with Crippen molar-refractivity contribution in [1.82, 2.24) is 4.90 Å². The van der Waals surface area contributed by atoms with Gasteiger partial charge in [-0.1, -0.05) is 12.1 Å². The Labute approximate surface area is 126 Å². The van der Waals surface area contributed by atoms with Crippen LogP contribution in [-0.2, 0) is 4.79 Å². The SMILES string of the molecule is O=C(O)C[C@H](O)CC(O)CCN1C(=O)c2ccccc2C1=O. The number of aliphatic hydroxyl groups is 2. The summed E-state index contributed by atoms with van der Waals surface area (Å²) in [5.74, 6) is -1.96. The summed E-state index contributed by atoms with van der Waals surface area (Å²) in [7, 11) is 0. The number of carbonyl (C=O) groups is 3. The molecule has 0 radical (unpaired) electrons. The first kappa shape index (κ1) is 16.1. The number of aliphatic hydroxyl groups excluding tert-OH is 2. The van der Waals surface area contributed by atoms with Crippen LogP contribution in [0.15, 0.2) is 24.3 Å². The summed E-state index contributed by atoms with van der Waals surface area (Å²) < 4.78 is 0. The molecule has 7 nitrogen and oxygen atoms in total. The highest BCUT2D eigenvalue weighted by Gasteiger charge is 2.35. The largest absolute Gasteiger partial charge is 0.481 e. The van der Waals surface area contributed by atoms with Crippen LogP contribution in [0.1, 0.15) is 40.0 Å². The minimum absolute atomic E-state index is 0.0211. The minimum atomic E-state index is -1.16. The molecular weight excluding hydrogens is 290 g/mol. The van der Waals surface area contributed by atoms with Crippen LogP contribution < -0.4 is 0 Å². The molecule has 0 aliphatic carbocycles. The van der Waals surface area contributed by atoms with E-state index < -0.39 is 36.4 Å². The monoisotopic (exact) mass is 307 g/mol. The Morgan fingerprint density at radius 2 is 1.59 bits per heavy atom. The number of amides is 2. The third-order valence-corrected chi connectivity index (χ3v) is 3.52. The van der Waals surface area contributed by atoms with E-state index in [1.54, 1.807) is 24.3 Å². The normalized spacial score (nSPS) is 16.5. The van der Waals surface area contributed by atoms with Crippen LogP contribution in [0.2, 0.25) is 0 Å². The molecule has 0 bridgehead atoms. The second-order valence-corrected chi connectivity index (χ2v) is 5.24. The van der Waals surface area contributed by atoms with Crippen LogP contribution in [0, 0.1) is 0 Å². The smallest absolute Gasteiger partial charge is 0.305 e. The molecule has 0 spiro atoms. The molecule has 7 heteroatoms. The van der Waals surface area contributed by atoms with E-state index >= 15 is 0 Å². The highest BCUT2D eigenvalue weighted by molar-refractivity contribution is 6.21. The van der Waals surface area contributed by atoms with E-state index in [1.807, 2.05) is 0 Å². The summed E-state index contributed by atoms with van der Waals surface area (Å²) in [4.78, 5) is 35.7. The van der Waals surface area contributed by atoms with E-state index in [0.717, 1.165) is 4.90 Å². The van der Waals surface area contributed by atoms with Crippen molar-refractivity contribution in [3.8, 4) is 0 Å². The topological polar surface area (TPSA) is 115 Å². The molecule has 1 aliphatic rings. The summed E-state index contributed by atoms with van der Waals surface area (Å²) in [5.41, 5.74) is 0.681. The van der Waals surface area contributed by atoms with E-state index in [0.29, 0.717) is 11.1 Å². The lowest BCUT2D eigenvalue weighted by Crippen LogP contribution is -2.33. The minimum Gasteiger partial charge on any atom is -0.481 e. The summed E-state index contributed by atoms with van der Waals surface area (Å²) >= 11 is 0. The quantitative estimate of drug-likeness (QED) is 0.622. The van der Waals surface area contributed by atoms with Crippen molar-refractivity contribution in [2.24, 2.45) is 0 Å². The van der Waals surface area contributed by atoms with Gasteiger partial charge in [-0.25, -0.2) is 0 Å². The molecule has 1 unspecified atom stereocenters. The van der Waals surface area contributed by atoms with Gasteiger partial charge in [0.25, 0.3) is 11.8 Å². The molecule has 1 aliphatic heterocycles. The molecule has 0 saturated carbocycles. The van der Waals surface area contributed by atoms with Crippen molar-refractivity contribution in [3.05, 3.63) is 35.4 Å². The predicted octanol–water partition coefficient (Wildman–Crippen LogP) is 0.259. The first-order valence-electron chi connectivity index (χ1n) is 6.93. The van der Waals surface area contributed by atoms with E-state index in [4.69, 9.17) is 5.11 Å². The number of hydrogen-bond acceptors (Lipinski definition) is 5. The summed E-state index contributed by atoms with van der Waals surface area (Å²) in [6.07, 6.45) is -2.63. The van der Waals surface area contributed by atoms with Crippen LogP contribution in [0.4, 0.5) is 0 Å². The number of rotatable bonds is 7. The molecule has 22 heavy (non-hydrogen) atoms. The number of benzene rings is 1. The average molecular weight is 307 g/mol. The molecule has 2 amide bonds. The standard InChI is InChI=1S/C15H17NO6/c17-9(7-10(18)8-13(19)20)5-6-16-14(21)11-3-1-2-4-12(11)15(16)22/h1-4,9-10,17-18H,5-8H2,(H,19,20)/t9?,10-/m1/s1. The zero-order chi connectivity index (χ0) is 16.3. The van der Waals surface area contributed by atoms with Crippen molar-refractivity contribution in [1.29, 1.82) is 0 Å². The van der Waals surface area contributed by atoms with Gasteiger partial charge in [0, 0.05) is 6.54 Å². The zero-order valence-corrected chi connectivity index (χ0v) is 11.8. The number of carboxylic acid groups (broad SMARTS) is 1. The third-order valence-electron chi connectivity index (χ3n) is 3.52. The van der Waals surface area contributed by atoms with E-state index in [9.17, 15) is 24.6 Å². The fraction of sp³-hybridized carbons (Fsp3) is 0.400. The first-order valence-corrected chi connectivity index (χ1v) is 6.93. The van der Waals surface area contributed by atoms with Gasteiger partial charge in [0.2, 0.25) is 0 Å². The van der Waals surface area contributed by atoms with Crippen LogP contribution in [0.25, 0.3) is 0 Å². The lowest BCUT2D eigenvalue weighted by atomic mass is 10.1. The number of imide groups is 1. The Hall–Kier alpha value is -2.25. The van der Waals surface area contributed by atoms with Gasteiger partial charge in [-0.15, -0.1) is 0 Å². The number of nitrogens with zero attached hydrogens (tertiary/aromatic N) is 1. The molecule has 0 fully saturated rings. The highest BCUT2D eigenvalue weighted by atomic mass is 16.4. The van der Waals surface area contributed by atoms with E-state index in [1.165, 1.54) is 0 Å². The van der Waals surface area contributed by atoms with Gasteiger partial charge in [-0.2, -0.15) is 0 Å². The third kappa shape index (κ3) is 3.49. The molecule has 3 N–H and O–H groups in total. The van der Waals surface area contributed by atoms with Gasteiger partial charge in [-0.05, 0) is 25.0 Å². The Balaban J connectivity index is 1.89. The fourth-order valence-corrected chi connectivity index (χ4v) is 2.44. The Morgan fingerprint density at radius 3 is 2.09 bits per heavy atom. The summed E-state index contributed by atoms with van der Waals surface area (Å²) in [6.45, 7) is 0.0211. The molecular formula is C15H17NO6. The fourth-order valence-electron chi connectivity index (χ4n) is 2.44. The Morgan fingerprint density at radius 1 is 1.05 bits per heavy atom. The molecule has 0 aromatic heterocycles. The Kier molecular flexibility index (Phi) is 4.89. The van der Waals surface area contributed by atoms with Gasteiger partial charge >= 0.3 is 5.97 Å². The molecule has 2 rings (SSSR count). The van der Waals surface area contributed by atoms with E-state index in [-0.39, 0.29) is 19.4 Å². The number of aliphatic carboxylic acids is 1. The van der Waals surface area contributed by atoms with Crippen LogP contribution >= 0.6 is 0 Å². The van der Waals surface area contributed by atoms with Gasteiger partial charge in [0.15, 0.2) is 0 Å². The van der Waals surface area contributed by atoms with Crippen LogP contribution in [0.3, 0.4) is 0 Å². The predicted molar refractivity (Wildman–Crippen MR) is 75.3 cm³/mol. The first-order chi connectivity index (χ1) is 10.4. The highest BCUT2D eigenvalue weighted by Crippen LogP contribution is 2.23. The Bertz CT molecular complexity index is 564. The molecule has 118 valence electrons. The van der Waals surface area contributed by atoms with Crippen molar-refractivity contribution < 1.29 is 29.7 Å². The maximum absolute atomic E-state index is 12.1. The van der Waals surface area contributed by atoms with Crippen molar-refractivity contribution in [2.75, 3.05) is 6.54 Å². The number of carboxylic acids is 1. The molecule has 2 atom stereocenters. The molecule has 0 saturated heterocycles. The lowest BCUT2D eigenvalue weighted by Gasteiger charge is -2.18. The van der Waals surface area contributed by atoms with Crippen molar-refractivity contribution >= 4 is 17.8 Å². The van der Waals surface area contributed by atoms with Crippen molar-refractivity contribution in [3.63, 3.8) is 0 Å². The second kappa shape index (κ2) is 6.67. The lowest BCUT2D eigenvalue weighted by molar-refractivity contribution is -0.139. The zero-order valence-electron chi connectivity index (χ0n) is 11.8. The number of carbonyl (C=O) groups excluding carboxylic acids is 2. The van der Waals surface area contributed by atoms with Gasteiger partial charge in [0.05, 0.1) is 29.8 Å². The van der Waals surface area contributed by atoms with Gasteiger partial charge in [-0.3, -0.25) is 19.3 Å². The average Bonchev–Trinajstić information content (AvgIpc) is 2.68. The van der Waals surface area contributed by atoms with Crippen LogP contribution in [0.5, 0.6) is 0 Å². The molecule has 1 aromatic carbocycles. The second-order valence-electron chi connectivity index (χ2n) is 5.24. The van der Waals surface area contributed by atoms with Gasteiger partial charge in [0.1, 0.15) is 0 Å².